The molecule has 2 rings (SSSR count). The van der Waals surface area contributed by atoms with E-state index in [1.54, 1.807) is 0 Å². The summed E-state index contributed by atoms with van der Waals surface area (Å²) in [4.78, 5) is 2.58. The number of likely N-dealkylation sites (tertiary alicyclic amines) is 1. The maximum absolute atomic E-state index is 6.31. The first kappa shape index (κ1) is 16.1. The highest BCUT2D eigenvalue weighted by Crippen LogP contribution is 2.29. The molecule has 1 aromatic rings. The molecular weight excluding hydrogens is 291 g/mol. The Bertz CT molecular complexity index is 454. The first-order valence-electron chi connectivity index (χ1n) is 7.31. The Kier molecular flexibility index (Phi) is 5.36. The molecule has 1 fully saturated rings. The zero-order chi connectivity index (χ0) is 14.8. The molecule has 4 heteroatoms. The quantitative estimate of drug-likeness (QED) is 0.883. The van der Waals surface area contributed by atoms with Crippen LogP contribution in [0.4, 0.5) is 0 Å². The molecule has 0 amide bonds. The van der Waals surface area contributed by atoms with Crippen LogP contribution in [0.5, 0.6) is 0 Å². The van der Waals surface area contributed by atoms with Crippen molar-refractivity contribution in [2.24, 2.45) is 0 Å². The first-order valence-corrected chi connectivity index (χ1v) is 8.07. The van der Waals surface area contributed by atoms with Crippen molar-refractivity contribution < 1.29 is 0 Å². The maximum atomic E-state index is 6.31. The second-order valence-corrected chi connectivity index (χ2v) is 6.97. The number of benzene rings is 1. The van der Waals surface area contributed by atoms with Gasteiger partial charge in [-0.2, -0.15) is 0 Å². The Hall–Kier alpha value is -0.280. The average molecular weight is 315 g/mol. The topological polar surface area (TPSA) is 15.3 Å². The van der Waals surface area contributed by atoms with Crippen molar-refractivity contribution in [2.45, 2.75) is 44.7 Å². The highest BCUT2D eigenvalue weighted by atomic mass is 35.5. The van der Waals surface area contributed by atoms with Gasteiger partial charge < -0.3 is 5.32 Å². The molecule has 1 heterocycles. The highest BCUT2D eigenvalue weighted by molar-refractivity contribution is 6.35. The summed E-state index contributed by atoms with van der Waals surface area (Å²) in [5.41, 5.74) is 1.27. The number of nitrogens with zero attached hydrogens (tertiary/aromatic N) is 1. The van der Waals surface area contributed by atoms with E-state index >= 15 is 0 Å². The lowest BCUT2D eigenvalue weighted by Gasteiger charge is -2.42. The molecule has 0 saturated carbocycles. The summed E-state index contributed by atoms with van der Waals surface area (Å²) in [6, 6.07) is 6.14. The van der Waals surface area contributed by atoms with E-state index in [4.69, 9.17) is 23.2 Å². The molecule has 1 aliphatic rings. The van der Waals surface area contributed by atoms with Crippen LogP contribution in [-0.2, 0) is 6.42 Å². The van der Waals surface area contributed by atoms with Crippen LogP contribution in [0.15, 0.2) is 18.2 Å². The fourth-order valence-electron chi connectivity index (χ4n) is 3.13. The van der Waals surface area contributed by atoms with Crippen LogP contribution in [0, 0.1) is 0 Å². The number of hydrogen-bond donors (Lipinski definition) is 1. The second kappa shape index (κ2) is 6.65. The normalized spacial score (nSPS) is 18.4. The standard InChI is InChI=1S/C16H24Cl2N2/c1-16(2,20-8-4-5-9-20)15(19-3)10-12-6-7-13(17)11-14(12)18/h6-7,11,15,19H,4-5,8-10H2,1-3H3. The minimum absolute atomic E-state index is 0.119. The van der Waals surface area contributed by atoms with E-state index in [1.165, 1.54) is 25.9 Å². The summed E-state index contributed by atoms with van der Waals surface area (Å²) in [5.74, 6) is 0. The van der Waals surface area contributed by atoms with E-state index < -0.39 is 0 Å². The number of likely N-dealkylation sites (N-methyl/N-ethyl adjacent to an activating group) is 1. The number of rotatable bonds is 5. The van der Waals surface area contributed by atoms with E-state index in [-0.39, 0.29) is 5.54 Å². The SMILES string of the molecule is CNC(Cc1ccc(Cl)cc1Cl)C(C)(C)N1CCCC1. The van der Waals surface area contributed by atoms with Gasteiger partial charge in [-0.1, -0.05) is 29.3 Å². The second-order valence-electron chi connectivity index (χ2n) is 6.13. The lowest BCUT2D eigenvalue weighted by Crippen LogP contribution is -2.57. The van der Waals surface area contributed by atoms with Crippen molar-refractivity contribution in [3.05, 3.63) is 33.8 Å². The molecule has 0 spiro atoms. The van der Waals surface area contributed by atoms with Crippen molar-refractivity contribution in [2.75, 3.05) is 20.1 Å². The molecule has 0 radical (unpaired) electrons. The Labute approximate surface area is 132 Å². The zero-order valence-electron chi connectivity index (χ0n) is 12.5. The van der Waals surface area contributed by atoms with Gasteiger partial charge in [-0.3, -0.25) is 4.90 Å². The fraction of sp³-hybridized carbons (Fsp3) is 0.625. The monoisotopic (exact) mass is 314 g/mol. The molecule has 112 valence electrons. The predicted octanol–water partition coefficient (Wildman–Crippen LogP) is 4.00. The van der Waals surface area contributed by atoms with E-state index in [2.05, 4.69) is 24.1 Å². The maximum Gasteiger partial charge on any atom is 0.0453 e. The average Bonchev–Trinajstić information content (AvgIpc) is 2.92. The van der Waals surface area contributed by atoms with E-state index in [0.29, 0.717) is 11.1 Å². The first-order chi connectivity index (χ1) is 9.45. The molecule has 1 N–H and O–H groups in total. The van der Waals surface area contributed by atoms with Crippen LogP contribution >= 0.6 is 23.2 Å². The molecule has 0 bridgehead atoms. The van der Waals surface area contributed by atoms with Crippen molar-refractivity contribution in [3.8, 4) is 0 Å². The van der Waals surface area contributed by atoms with Crippen molar-refractivity contribution in [1.82, 2.24) is 10.2 Å². The molecule has 1 atom stereocenters. The summed E-state index contributed by atoms with van der Waals surface area (Å²) < 4.78 is 0. The van der Waals surface area contributed by atoms with E-state index in [0.717, 1.165) is 17.0 Å². The number of halogens is 2. The van der Waals surface area contributed by atoms with Gasteiger partial charge in [-0.25, -0.2) is 0 Å². The van der Waals surface area contributed by atoms with Crippen LogP contribution in [0.25, 0.3) is 0 Å². The Morgan fingerprint density at radius 1 is 1.25 bits per heavy atom. The predicted molar refractivity (Wildman–Crippen MR) is 87.9 cm³/mol. The molecule has 1 saturated heterocycles. The van der Waals surface area contributed by atoms with E-state index in [9.17, 15) is 0 Å². The summed E-state index contributed by atoms with van der Waals surface area (Å²) in [5, 5.41) is 4.93. The Morgan fingerprint density at radius 2 is 1.90 bits per heavy atom. The Morgan fingerprint density at radius 3 is 2.45 bits per heavy atom. The Balaban J connectivity index is 2.15. The van der Waals surface area contributed by atoms with Crippen molar-refractivity contribution in [1.29, 1.82) is 0 Å². The van der Waals surface area contributed by atoms with Gasteiger partial charge in [-0.05, 0) is 70.9 Å². The van der Waals surface area contributed by atoms with Crippen molar-refractivity contribution in [3.63, 3.8) is 0 Å². The summed E-state index contributed by atoms with van der Waals surface area (Å²) in [6.07, 6.45) is 3.53. The highest BCUT2D eigenvalue weighted by Gasteiger charge is 2.36. The smallest absolute Gasteiger partial charge is 0.0453 e. The van der Waals surface area contributed by atoms with E-state index in [1.807, 2.05) is 25.2 Å². The molecule has 1 unspecified atom stereocenters. The molecule has 0 aliphatic carbocycles. The summed E-state index contributed by atoms with van der Waals surface area (Å²) in [7, 11) is 2.03. The van der Waals surface area contributed by atoms with Crippen LogP contribution in [-0.4, -0.2) is 36.6 Å². The number of nitrogens with one attached hydrogen (secondary N) is 1. The lowest BCUT2D eigenvalue weighted by molar-refractivity contribution is 0.110. The lowest BCUT2D eigenvalue weighted by atomic mass is 9.87. The van der Waals surface area contributed by atoms with Gasteiger partial charge in [-0.15, -0.1) is 0 Å². The minimum atomic E-state index is 0.119. The molecule has 0 aromatic heterocycles. The molecule has 1 aromatic carbocycles. The van der Waals surface area contributed by atoms with Crippen LogP contribution < -0.4 is 5.32 Å². The van der Waals surface area contributed by atoms with Gasteiger partial charge in [0.2, 0.25) is 0 Å². The summed E-state index contributed by atoms with van der Waals surface area (Å²) in [6.45, 7) is 7.03. The summed E-state index contributed by atoms with van der Waals surface area (Å²) >= 11 is 12.3. The van der Waals surface area contributed by atoms with Crippen LogP contribution in [0.1, 0.15) is 32.3 Å². The third kappa shape index (κ3) is 3.48. The zero-order valence-corrected chi connectivity index (χ0v) is 14.1. The van der Waals surface area contributed by atoms with Crippen molar-refractivity contribution >= 4 is 23.2 Å². The van der Waals surface area contributed by atoms with Crippen LogP contribution in [0.2, 0.25) is 10.0 Å². The molecular formula is C16H24Cl2N2. The van der Waals surface area contributed by atoms with Gasteiger partial charge in [0, 0.05) is 21.6 Å². The van der Waals surface area contributed by atoms with Gasteiger partial charge in [0.25, 0.3) is 0 Å². The molecule has 20 heavy (non-hydrogen) atoms. The van der Waals surface area contributed by atoms with Crippen LogP contribution in [0.3, 0.4) is 0 Å². The third-order valence-corrected chi connectivity index (χ3v) is 5.15. The fourth-order valence-corrected chi connectivity index (χ4v) is 3.61. The van der Waals surface area contributed by atoms with Gasteiger partial charge >= 0.3 is 0 Å². The minimum Gasteiger partial charge on any atom is -0.315 e. The van der Waals surface area contributed by atoms with Gasteiger partial charge in [0.05, 0.1) is 0 Å². The largest absolute Gasteiger partial charge is 0.315 e. The third-order valence-electron chi connectivity index (χ3n) is 4.56. The molecule has 1 aliphatic heterocycles. The van der Waals surface area contributed by atoms with Gasteiger partial charge in [0.1, 0.15) is 0 Å². The van der Waals surface area contributed by atoms with Gasteiger partial charge in [0.15, 0.2) is 0 Å². The number of hydrogen-bond acceptors (Lipinski definition) is 2. The molecule has 2 nitrogen and oxygen atoms in total.